The van der Waals surface area contributed by atoms with Crippen molar-refractivity contribution >= 4 is 11.8 Å². The maximum atomic E-state index is 5.44. The molecule has 0 saturated heterocycles. The van der Waals surface area contributed by atoms with E-state index < -0.39 is 0 Å². The third-order valence-corrected chi connectivity index (χ3v) is 2.64. The van der Waals surface area contributed by atoms with Crippen molar-refractivity contribution in [2.45, 2.75) is 4.90 Å². The molecule has 1 aromatic rings. The first-order valence-electron chi connectivity index (χ1n) is 4.42. The molecular formula is C10H15NO2S. The van der Waals surface area contributed by atoms with Gasteiger partial charge in [-0.15, -0.1) is 11.8 Å². The Bertz CT molecular complexity index is 241. The first-order valence-corrected chi connectivity index (χ1v) is 5.40. The number of nitrogens with two attached hydrogens (primary N) is 1. The smallest absolute Gasteiger partial charge is 0.188 e. The average molecular weight is 213 g/mol. The Kier molecular flexibility index (Phi) is 5.44. The Morgan fingerprint density at radius 2 is 2.14 bits per heavy atom. The molecule has 1 aromatic carbocycles. The second-order valence-corrected chi connectivity index (χ2v) is 3.77. The highest BCUT2D eigenvalue weighted by Gasteiger charge is 2.01. The number of para-hydroxylation sites is 1. The number of methoxy groups -OCH3 is 1. The van der Waals surface area contributed by atoms with Crippen LogP contribution in [0.5, 0.6) is 5.75 Å². The highest BCUT2D eigenvalue weighted by atomic mass is 32.2. The van der Waals surface area contributed by atoms with E-state index in [9.17, 15) is 0 Å². The van der Waals surface area contributed by atoms with Gasteiger partial charge in [0.2, 0.25) is 0 Å². The van der Waals surface area contributed by atoms with Crippen LogP contribution in [0, 0.1) is 0 Å². The number of hydrogen-bond acceptors (Lipinski definition) is 4. The summed E-state index contributed by atoms with van der Waals surface area (Å²) in [5.41, 5.74) is 5.44. The van der Waals surface area contributed by atoms with Gasteiger partial charge in [0.1, 0.15) is 5.75 Å². The SMILES string of the molecule is COCOc1ccccc1SCCN. The molecule has 2 N–H and O–H groups in total. The summed E-state index contributed by atoms with van der Waals surface area (Å²) in [5.74, 6) is 1.75. The maximum absolute atomic E-state index is 5.44. The van der Waals surface area contributed by atoms with E-state index in [0.29, 0.717) is 6.54 Å². The van der Waals surface area contributed by atoms with Gasteiger partial charge >= 0.3 is 0 Å². The number of benzene rings is 1. The van der Waals surface area contributed by atoms with Crippen LogP contribution in [0.15, 0.2) is 29.2 Å². The van der Waals surface area contributed by atoms with Gasteiger partial charge in [0.05, 0.1) is 0 Å². The zero-order valence-corrected chi connectivity index (χ0v) is 9.05. The van der Waals surface area contributed by atoms with Crippen LogP contribution in [0.4, 0.5) is 0 Å². The Labute approximate surface area is 88.6 Å². The van der Waals surface area contributed by atoms with E-state index in [4.69, 9.17) is 15.2 Å². The molecule has 1 rings (SSSR count). The van der Waals surface area contributed by atoms with Gasteiger partial charge in [-0.25, -0.2) is 0 Å². The molecule has 0 fully saturated rings. The highest BCUT2D eigenvalue weighted by molar-refractivity contribution is 7.99. The van der Waals surface area contributed by atoms with Gasteiger partial charge < -0.3 is 15.2 Å². The predicted molar refractivity (Wildman–Crippen MR) is 58.7 cm³/mol. The van der Waals surface area contributed by atoms with E-state index in [-0.39, 0.29) is 6.79 Å². The predicted octanol–water partition coefficient (Wildman–Crippen LogP) is 1.72. The topological polar surface area (TPSA) is 44.5 Å². The second-order valence-electron chi connectivity index (χ2n) is 2.63. The minimum atomic E-state index is 0.278. The molecule has 0 amide bonds. The molecule has 0 aliphatic rings. The van der Waals surface area contributed by atoms with Crippen LogP contribution in [0.2, 0.25) is 0 Å². The van der Waals surface area contributed by atoms with E-state index >= 15 is 0 Å². The Balaban J connectivity index is 2.60. The lowest BCUT2D eigenvalue weighted by Crippen LogP contribution is -2.03. The Hall–Kier alpha value is -0.710. The number of hydrogen-bond donors (Lipinski definition) is 1. The minimum Gasteiger partial charge on any atom is -0.466 e. The lowest BCUT2D eigenvalue weighted by atomic mass is 10.3. The van der Waals surface area contributed by atoms with Gasteiger partial charge in [0.25, 0.3) is 0 Å². The Morgan fingerprint density at radius 3 is 2.86 bits per heavy atom. The van der Waals surface area contributed by atoms with Gasteiger partial charge in [-0.3, -0.25) is 0 Å². The molecule has 4 heteroatoms. The Morgan fingerprint density at radius 1 is 1.36 bits per heavy atom. The molecule has 0 aliphatic heterocycles. The molecule has 0 saturated carbocycles. The fraction of sp³-hybridized carbons (Fsp3) is 0.400. The van der Waals surface area contributed by atoms with E-state index in [1.807, 2.05) is 24.3 Å². The molecule has 0 spiro atoms. The third-order valence-electron chi connectivity index (χ3n) is 1.56. The van der Waals surface area contributed by atoms with Crippen molar-refractivity contribution in [2.75, 3.05) is 26.2 Å². The van der Waals surface area contributed by atoms with Crippen molar-refractivity contribution in [1.29, 1.82) is 0 Å². The summed E-state index contributed by atoms with van der Waals surface area (Å²) in [6.45, 7) is 0.948. The van der Waals surface area contributed by atoms with Crippen LogP contribution in [0.25, 0.3) is 0 Å². The average Bonchev–Trinajstić information content (AvgIpc) is 2.24. The first kappa shape index (κ1) is 11.4. The van der Waals surface area contributed by atoms with Crippen molar-refractivity contribution in [3.05, 3.63) is 24.3 Å². The summed E-state index contributed by atoms with van der Waals surface area (Å²) in [7, 11) is 1.61. The number of ether oxygens (including phenoxy) is 2. The van der Waals surface area contributed by atoms with Gasteiger partial charge in [-0.1, -0.05) is 12.1 Å². The molecule has 0 bridgehead atoms. The lowest BCUT2D eigenvalue weighted by Gasteiger charge is -2.09. The van der Waals surface area contributed by atoms with Crippen LogP contribution in [0.3, 0.4) is 0 Å². The lowest BCUT2D eigenvalue weighted by molar-refractivity contribution is 0.0491. The highest BCUT2D eigenvalue weighted by Crippen LogP contribution is 2.28. The number of rotatable bonds is 6. The van der Waals surface area contributed by atoms with Gasteiger partial charge in [0, 0.05) is 24.3 Å². The zero-order chi connectivity index (χ0) is 10.2. The summed E-state index contributed by atoms with van der Waals surface area (Å²) >= 11 is 1.69. The van der Waals surface area contributed by atoms with Crippen molar-refractivity contribution in [1.82, 2.24) is 0 Å². The van der Waals surface area contributed by atoms with Crippen LogP contribution in [-0.4, -0.2) is 26.2 Å². The largest absolute Gasteiger partial charge is 0.466 e. The molecule has 14 heavy (non-hydrogen) atoms. The molecular weight excluding hydrogens is 198 g/mol. The van der Waals surface area contributed by atoms with Crippen LogP contribution >= 0.6 is 11.8 Å². The van der Waals surface area contributed by atoms with Gasteiger partial charge in [0.15, 0.2) is 6.79 Å². The maximum Gasteiger partial charge on any atom is 0.188 e. The van der Waals surface area contributed by atoms with E-state index in [1.54, 1.807) is 18.9 Å². The standard InChI is InChI=1S/C10H15NO2S/c1-12-8-13-9-4-2-3-5-10(9)14-7-6-11/h2-5H,6-8,11H2,1H3. The quantitative estimate of drug-likeness (QED) is 0.577. The van der Waals surface area contributed by atoms with Gasteiger partial charge in [-0.05, 0) is 12.1 Å². The molecule has 0 aromatic heterocycles. The zero-order valence-electron chi connectivity index (χ0n) is 8.23. The second kappa shape index (κ2) is 6.70. The summed E-state index contributed by atoms with van der Waals surface area (Å²) in [4.78, 5) is 1.11. The van der Waals surface area contributed by atoms with Crippen LogP contribution in [0.1, 0.15) is 0 Å². The monoisotopic (exact) mass is 213 g/mol. The molecule has 0 aliphatic carbocycles. The van der Waals surface area contributed by atoms with E-state index in [0.717, 1.165) is 16.4 Å². The van der Waals surface area contributed by atoms with E-state index in [2.05, 4.69) is 0 Å². The molecule has 0 atom stereocenters. The van der Waals surface area contributed by atoms with Crippen LogP contribution < -0.4 is 10.5 Å². The van der Waals surface area contributed by atoms with Crippen molar-refractivity contribution in [3.63, 3.8) is 0 Å². The summed E-state index contributed by atoms with van der Waals surface area (Å²) in [6, 6.07) is 7.87. The summed E-state index contributed by atoms with van der Waals surface area (Å²) in [6.07, 6.45) is 0. The van der Waals surface area contributed by atoms with Crippen LogP contribution in [-0.2, 0) is 4.74 Å². The molecule has 0 heterocycles. The molecule has 0 unspecified atom stereocenters. The molecule has 0 radical (unpaired) electrons. The number of thioether (sulfide) groups is 1. The fourth-order valence-electron chi connectivity index (χ4n) is 0.980. The fourth-order valence-corrected chi connectivity index (χ4v) is 1.76. The first-order chi connectivity index (χ1) is 6.88. The van der Waals surface area contributed by atoms with Crippen molar-refractivity contribution < 1.29 is 9.47 Å². The molecule has 78 valence electrons. The minimum absolute atomic E-state index is 0.278. The van der Waals surface area contributed by atoms with E-state index in [1.165, 1.54) is 0 Å². The summed E-state index contributed by atoms with van der Waals surface area (Å²) in [5, 5.41) is 0. The van der Waals surface area contributed by atoms with Crippen molar-refractivity contribution in [2.24, 2.45) is 5.73 Å². The summed E-state index contributed by atoms with van der Waals surface area (Å²) < 4.78 is 10.2. The van der Waals surface area contributed by atoms with Gasteiger partial charge in [-0.2, -0.15) is 0 Å². The van der Waals surface area contributed by atoms with Crippen molar-refractivity contribution in [3.8, 4) is 5.75 Å². The normalized spacial score (nSPS) is 10.1. The molecule has 3 nitrogen and oxygen atoms in total. The third kappa shape index (κ3) is 3.57.